The minimum atomic E-state index is -1.05. The summed E-state index contributed by atoms with van der Waals surface area (Å²) in [6, 6.07) is 19.5. The Hall–Kier alpha value is -3.11. The van der Waals surface area contributed by atoms with Gasteiger partial charge in [0.15, 0.2) is 11.4 Å². The Balaban J connectivity index is 1.55. The summed E-state index contributed by atoms with van der Waals surface area (Å²) in [5, 5.41) is 0.100. The molecule has 8 nitrogen and oxygen atoms in total. The predicted molar refractivity (Wildman–Crippen MR) is 227 cm³/mol. The normalized spacial score (nSPS) is 19.0. The van der Waals surface area contributed by atoms with E-state index in [1.54, 1.807) is 12.0 Å². The molecule has 0 aromatic heterocycles. The largest absolute Gasteiger partial charge is 0.460 e. The lowest BCUT2D eigenvalue weighted by molar-refractivity contribution is -0.168. The third-order valence-electron chi connectivity index (χ3n) is 11.0. The highest BCUT2D eigenvalue weighted by Crippen LogP contribution is 2.48. The van der Waals surface area contributed by atoms with E-state index in [2.05, 4.69) is 26.8 Å². The summed E-state index contributed by atoms with van der Waals surface area (Å²) in [6.45, 7) is 13.6. The van der Waals surface area contributed by atoms with Crippen LogP contribution in [0.3, 0.4) is 0 Å². The fourth-order valence-corrected chi connectivity index (χ4v) is 8.65. The van der Waals surface area contributed by atoms with E-state index in [0.29, 0.717) is 26.2 Å². The smallest absolute Gasteiger partial charge is 0.310 e. The molecule has 1 unspecified atom stereocenters. The topological polar surface area (TPSA) is 83.5 Å². The van der Waals surface area contributed by atoms with E-state index in [1.165, 1.54) is 25.7 Å². The van der Waals surface area contributed by atoms with Gasteiger partial charge in [0.05, 0.1) is 31.1 Å². The van der Waals surface area contributed by atoms with Crippen molar-refractivity contribution in [1.29, 1.82) is 0 Å². The van der Waals surface area contributed by atoms with Crippen LogP contribution in [0.5, 0.6) is 0 Å². The van der Waals surface area contributed by atoms with Crippen molar-refractivity contribution < 1.29 is 33.3 Å². The van der Waals surface area contributed by atoms with E-state index in [1.807, 2.05) is 87.5 Å². The number of benzene rings is 2. The number of thiocarbonyl (C=S) groups is 1. The summed E-state index contributed by atoms with van der Waals surface area (Å²) in [7, 11) is 1.60. The maximum Gasteiger partial charge on any atom is 0.310 e. The third-order valence-corrected chi connectivity index (χ3v) is 11.3. The van der Waals surface area contributed by atoms with Gasteiger partial charge in [-0.15, -0.1) is 0 Å². The number of rotatable bonds is 23. The Morgan fingerprint density at radius 2 is 1.43 bits per heavy atom. The molecule has 310 valence electrons. The van der Waals surface area contributed by atoms with Crippen molar-refractivity contribution in [2.75, 3.05) is 26.9 Å². The minimum absolute atomic E-state index is 0.0661. The van der Waals surface area contributed by atoms with Crippen LogP contribution in [0.1, 0.15) is 136 Å². The van der Waals surface area contributed by atoms with E-state index in [-0.39, 0.29) is 17.0 Å². The maximum atomic E-state index is 15.2. The summed E-state index contributed by atoms with van der Waals surface area (Å²) < 4.78 is 30.5. The number of nitrogens with zero attached hydrogens (tertiary/aromatic N) is 1. The van der Waals surface area contributed by atoms with Gasteiger partial charge >= 0.3 is 5.97 Å². The Kier molecular flexibility index (Phi) is 18.0. The van der Waals surface area contributed by atoms with E-state index >= 15 is 4.79 Å². The van der Waals surface area contributed by atoms with Crippen molar-refractivity contribution >= 4 is 29.3 Å². The Morgan fingerprint density at radius 3 is 1.95 bits per heavy atom. The zero-order valence-electron chi connectivity index (χ0n) is 35.3. The summed E-state index contributed by atoms with van der Waals surface area (Å²) in [5.41, 5.74) is 0.0290. The number of ether oxygens (including phenoxy) is 5. The molecule has 2 fully saturated rings. The van der Waals surface area contributed by atoms with Crippen molar-refractivity contribution in [2.45, 2.75) is 148 Å². The van der Waals surface area contributed by atoms with Crippen LogP contribution in [0.15, 0.2) is 72.8 Å². The summed E-state index contributed by atoms with van der Waals surface area (Å²) >= 11 is 5.99. The van der Waals surface area contributed by atoms with Gasteiger partial charge in [0.1, 0.15) is 5.60 Å². The van der Waals surface area contributed by atoms with Gasteiger partial charge in [0.25, 0.3) is 5.17 Å². The second-order valence-electron chi connectivity index (χ2n) is 16.8. The lowest BCUT2D eigenvalue weighted by atomic mass is 9.75. The molecule has 0 radical (unpaired) electrons. The maximum absolute atomic E-state index is 15.2. The molecule has 9 heteroatoms. The first-order valence-corrected chi connectivity index (χ1v) is 21.6. The van der Waals surface area contributed by atoms with E-state index < -0.39 is 40.8 Å². The van der Waals surface area contributed by atoms with Gasteiger partial charge in [0, 0.05) is 37.7 Å². The number of hydrogen-bond acceptors (Lipinski definition) is 8. The Labute approximate surface area is 343 Å². The van der Waals surface area contributed by atoms with Gasteiger partial charge in [-0.1, -0.05) is 132 Å². The summed E-state index contributed by atoms with van der Waals surface area (Å²) in [4.78, 5) is 30.8. The molecule has 0 spiro atoms. The molecule has 2 aromatic rings. The monoisotopic (exact) mass is 791 g/mol. The molecule has 56 heavy (non-hydrogen) atoms. The van der Waals surface area contributed by atoms with Crippen molar-refractivity contribution in [1.82, 2.24) is 4.90 Å². The van der Waals surface area contributed by atoms with Crippen molar-refractivity contribution in [3.8, 4) is 0 Å². The number of carbonyl (C=O) groups is 2. The first-order valence-electron chi connectivity index (χ1n) is 21.2. The Morgan fingerprint density at radius 1 is 0.875 bits per heavy atom. The number of unbranched alkanes of at least 4 members (excludes halogenated alkanes) is 8. The summed E-state index contributed by atoms with van der Waals surface area (Å²) in [6.07, 6.45) is 17.3. The van der Waals surface area contributed by atoms with Gasteiger partial charge in [-0.25, -0.2) is 0 Å². The molecule has 2 heterocycles. The molecule has 4 rings (SSSR count). The molecule has 0 aliphatic carbocycles. The molecule has 2 saturated heterocycles. The predicted octanol–water partition coefficient (Wildman–Crippen LogP) is 10.7. The average Bonchev–Trinajstić information content (AvgIpc) is 3.77. The van der Waals surface area contributed by atoms with Crippen LogP contribution in [0.25, 0.3) is 0 Å². The number of esters is 1. The molecule has 2 aliphatic rings. The van der Waals surface area contributed by atoms with Crippen LogP contribution in [-0.4, -0.2) is 66.3 Å². The van der Waals surface area contributed by atoms with Gasteiger partial charge in [-0.2, -0.15) is 0 Å². The van der Waals surface area contributed by atoms with E-state index in [9.17, 15) is 4.79 Å². The van der Waals surface area contributed by atoms with Gasteiger partial charge < -0.3 is 23.7 Å². The zero-order chi connectivity index (χ0) is 40.6. The SMILES string of the molecule is CCCCCCCC1(CCCCCC/C=C/[C@H](C(=O)N2C(=S)OC(c3ccccc3)(c3ccccc3)[C@@H]2C(C)C)C(CCOC)C(=O)OC(C)(C)C)OCCO1. The zero-order valence-corrected chi connectivity index (χ0v) is 36.1. The van der Waals surface area contributed by atoms with Crippen molar-refractivity contribution in [3.63, 3.8) is 0 Å². The first-order chi connectivity index (χ1) is 26.9. The quantitative estimate of drug-likeness (QED) is 0.0476. The molecule has 0 bridgehead atoms. The number of allylic oxidation sites excluding steroid dienone is 1. The average molecular weight is 792 g/mol. The number of carbonyl (C=O) groups excluding carboxylic acids is 2. The molecule has 2 aliphatic heterocycles. The molecule has 1 amide bonds. The van der Waals surface area contributed by atoms with Crippen molar-refractivity contribution in [3.05, 3.63) is 83.9 Å². The van der Waals surface area contributed by atoms with Crippen LogP contribution in [0, 0.1) is 17.8 Å². The highest BCUT2D eigenvalue weighted by molar-refractivity contribution is 7.80. The number of hydrogen-bond donors (Lipinski definition) is 0. The standard InChI is InChI=1S/C47H69NO7S/c1-8-9-10-14-23-31-46(52-34-35-53-46)32-24-15-12-11-13-22-29-39(40(30-33-51-7)43(50)54-45(4,5)6)42(49)48-41(36(2)3)47(55-44(48)56,37-25-18-16-19-26-37)38-27-20-17-21-28-38/h16-22,25-29,36,39-41H,8-15,23-24,30-35H2,1-7H3/b29-22+/t39-,40?,41-/m0/s1. The summed E-state index contributed by atoms with van der Waals surface area (Å²) in [5.74, 6) is -2.82. The van der Waals surface area contributed by atoms with Gasteiger partial charge in [-0.3, -0.25) is 14.5 Å². The lowest BCUT2D eigenvalue weighted by Gasteiger charge is -2.39. The minimum Gasteiger partial charge on any atom is -0.460 e. The van der Waals surface area contributed by atoms with Crippen LogP contribution >= 0.6 is 12.2 Å². The van der Waals surface area contributed by atoms with Crippen LogP contribution in [-0.2, 0) is 38.9 Å². The number of methoxy groups -OCH3 is 1. The fourth-order valence-electron chi connectivity index (χ4n) is 8.31. The Bertz CT molecular complexity index is 1480. The van der Waals surface area contributed by atoms with E-state index in [0.717, 1.165) is 62.5 Å². The van der Waals surface area contributed by atoms with Crippen LogP contribution < -0.4 is 0 Å². The van der Waals surface area contributed by atoms with Gasteiger partial charge in [0.2, 0.25) is 5.91 Å². The van der Waals surface area contributed by atoms with Crippen molar-refractivity contribution in [2.24, 2.45) is 17.8 Å². The number of amides is 1. The van der Waals surface area contributed by atoms with Crippen LogP contribution in [0.4, 0.5) is 0 Å². The highest BCUT2D eigenvalue weighted by Gasteiger charge is 2.58. The van der Waals surface area contributed by atoms with E-state index in [4.69, 9.17) is 35.9 Å². The second kappa shape index (κ2) is 22.2. The second-order valence-corrected chi connectivity index (χ2v) is 17.2. The first kappa shape index (κ1) is 45.6. The molecule has 0 N–H and O–H groups in total. The van der Waals surface area contributed by atoms with Crippen LogP contribution in [0.2, 0.25) is 0 Å². The highest BCUT2D eigenvalue weighted by atomic mass is 32.1. The lowest BCUT2D eigenvalue weighted by Crippen LogP contribution is -2.52. The molecule has 0 saturated carbocycles. The molecular formula is C47H69NO7S. The molecule has 2 aromatic carbocycles. The third kappa shape index (κ3) is 12.2. The fraction of sp³-hybridized carbons (Fsp3) is 0.638. The molecular weight excluding hydrogens is 723 g/mol. The molecule has 3 atom stereocenters. The van der Waals surface area contributed by atoms with Gasteiger partial charge in [-0.05, 0) is 71.0 Å².